The van der Waals surface area contributed by atoms with Crippen molar-refractivity contribution in [1.29, 1.82) is 0 Å². The fraction of sp³-hybridized carbons (Fsp3) is 0.500. The van der Waals surface area contributed by atoms with Gasteiger partial charge in [-0.1, -0.05) is 23.7 Å². The van der Waals surface area contributed by atoms with Gasteiger partial charge in [0.15, 0.2) is 0 Å². The van der Waals surface area contributed by atoms with Crippen molar-refractivity contribution >= 4 is 17.6 Å². The minimum absolute atomic E-state index is 0.207. The van der Waals surface area contributed by atoms with Crippen LogP contribution < -0.4 is 5.73 Å². The Bertz CT molecular complexity index is 436. The van der Waals surface area contributed by atoms with Gasteiger partial charge in [-0.2, -0.15) is 0 Å². The number of hydrogen-bond acceptors (Lipinski definition) is 3. The van der Waals surface area contributed by atoms with Crippen LogP contribution in [0.15, 0.2) is 24.3 Å². The van der Waals surface area contributed by atoms with E-state index >= 15 is 0 Å². The van der Waals surface area contributed by atoms with Crippen LogP contribution >= 0.6 is 11.6 Å². The number of carbonyl (C=O) groups excluding carboxylic acids is 1. The molecule has 0 saturated heterocycles. The Labute approximate surface area is 113 Å². The molecule has 0 spiro atoms. The van der Waals surface area contributed by atoms with Crippen molar-refractivity contribution in [2.75, 3.05) is 0 Å². The number of benzene rings is 1. The van der Waals surface area contributed by atoms with Gasteiger partial charge in [0.05, 0.1) is 5.41 Å². The summed E-state index contributed by atoms with van der Waals surface area (Å²) in [7, 11) is 0. The number of hydrogen-bond donors (Lipinski definition) is 1. The Morgan fingerprint density at radius 2 is 1.94 bits per heavy atom. The maximum Gasteiger partial charge on any atom is 0.313 e. The van der Waals surface area contributed by atoms with Crippen LogP contribution in [0.3, 0.4) is 0 Å². The van der Waals surface area contributed by atoms with Crippen molar-refractivity contribution in [3.05, 3.63) is 34.9 Å². The molecule has 18 heavy (non-hydrogen) atoms. The largest absolute Gasteiger partial charge is 0.460 e. The molecule has 3 nitrogen and oxygen atoms in total. The zero-order valence-corrected chi connectivity index (χ0v) is 12.0. The molecule has 100 valence electrons. The number of rotatable bonds is 4. The van der Waals surface area contributed by atoms with Gasteiger partial charge in [-0.3, -0.25) is 4.79 Å². The molecule has 0 amide bonds. The first-order valence-electron chi connectivity index (χ1n) is 5.85. The highest BCUT2D eigenvalue weighted by molar-refractivity contribution is 6.30. The molecular formula is C14H20ClNO2. The summed E-state index contributed by atoms with van der Waals surface area (Å²) in [6.45, 7) is 7.40. The third-order valence-corrected chi connectivity index (χ3v) is 3.62. The quantitative estimate of drug-likeness (QED) is 0.855. The van der Waals surface area contributed by atoms with Gasteiger partial charge in [0, 0.05) is 10.6 Å². The lowest BCUT2D eigenvalue weighted by atomic mass is 9.75. The molecule has 0 radical (unpaired) electrons. The summed E-state index contributed by atoms with van der Waals surface area (Å²) in [5, 5.41) is 0.627. The van der Waals surface area contributed by atoms with Gasteiger partial charge in [-0.25, -0.2) is 0 Å². The fourth-order valence-corrected chi connectivity index (χ4v) is 1.43. The first-order valence-corrected chi connectivity index (χ1v) is 6.23. The van der Waals surface area contributed by atoms with Crippen LogP contribution in [0, 0.1) is 5.41 Å². The van der Waals surface area contributed by atoms with Gasteiger partial charge in [0.25, 0.3) is 0 Å². The number of ether oxygens (including phenoxy) is 1. The lowest BCUT2D eigenvalue weighted by Gasteiger charge is -2.35. The molecule has 0 heterocycles. The van der Waals surface area contributed by atoms with Gasteiger partial charge in [-0.15, -0.1) is 0 Å². The van der Waals surface area contributed by atoms with Crippen LogP contribution in [0.4, 0.5) is 0 Å². The summed E-state index contributed by atoms with van der Waals surface area (Å²) >= 11 is 5.86. The SMILES string of the molecule is CC(C)(N)C(C)(C)C(=O)OCc1cccc(Cl)c1. The first-order chi connectivity index (χ1) is 8.14. The average Bonchev–Trinajstić information content (AvgIpc) is 2.24. The summed E-state index contributed by atoms with van der Waals surface area (Å²) in [5.74, 6) is -0.310. The van der Waals surface area contributed by atoms with Crippen molar-refractivity contribution in [1.82, 2.24) is 0 Å². The summed E-state index contributed by atoms with van der Waals surface area (Å²) in [6.07, 6.45) is 0. The molecule has 0 unspecified atom stereocenters. The zero-order valence-electron chi connectivity index (χ0n) is 11.3. The van der Waals surface area contributed by atoms with E-state index in [2.05, 4.69) is 0 Å². The Kier molecular flexibility index (Phi) is 4.41. The molecular weight excluding hydrogens is 250 g/mol. The molecule has 1 rings (SSSR count). The minimum Gasteiger partial charge on any atom is -0.460 e. The van der Waals surface area contributed by atoms with E-state index in [0.717, 1.165) is 5.56 Å². The van der Waals surface area contributed by atoms with E-state index < -0.39 is 11.0 Å². The average molecular weight is 270 g/mol. The van der Waals surface area contributed by atoms with Gasteiger partial charge in [0.1, 0.15) is 6.61 Å². The molecule has 0 bridgehead atoms. The van der Waals surface area contributed by atoms with Crippen LogP contribution in [-0.4, -0.2) is 11.5 Å². The molecule has 0 aliphatic carbocycles. The lowest BCUT2D eigenvalue weighted by molar-refractivity contribution is -0.158. The van der Waals surface area contributed by atoms with Crippen molar-refractivity contribution in [2.45, 2.75) is 39.8 Å². The van der Waals surface area contributed by atoms with E-state index in [-0.39, 0.29) is 12.6 Å². The predicted molar refractivity (Wildman–Crippen MR) is 73.3 cm³/mol. The van der Waals surface area contributed by atoms with Crippen LogP contribution in [0.25, 0.3) is 0 Å². The number of halogens is 1. The highest BCUT2D eigenvalue weighted by Gasteiger charge is 2.41. The van der Waals surface area contributed by atoms with E-state index in [1.54, 1.807) is 26.0 Å². The molecule has 0 aromatic heterocycles. The van der Waals surface area contributed by atoms with Gasteiger partial charge >= 0.3 is 5.97 Å². The van der Waals surface area contributed by atoms with Crippen molar-refractivity contribution in [2.24, 2.45) is 11.1 Å². The topological polar surface area (TPSA) is 52.3 Å². The Morgan fingerprint density at radius 3 is 2.44 bits per heavy atom. The van der Waals surface area contributed by atoms with E-state index in [1.807, 2.05) is 26.0 Å². The predicted octanol–water partition coefficient (Wildman–Crippen LogP) is 3.15. The van der Waals surface area contributed by atoms with E-state index in [9.17, 15) is 4.79 Å². The highest BCUT2D eigenvalue weighted by atomic mass is 35.5. The minimum atomic E-state index is -0.744. The third-order valence-electron chi connectivity index (χ3n) is 3.38. The normalized spacial score (nSPS) is 12.3. The highest BCUT2D eigenvalue weighted by Crippen LogP contribution is 2.30. The smallest absolute Gasteiger partial charge is 0.313 e. The Morgan fingerprint density at radius 1 is 1.33 bits per heavy atom. The summed E-state index contributed by atoms with van der Waals surface area (Å²) in [4.78, 5) is 12.0. The van der Waals surface area contributed by atoms with Crippen molar-refractivity contribution in [3.63, 3.8) is 0 Å². The summed E-state index contributed by atoms with van der Waals surface area (Å²) in [6, 6.07) is 7.23. The first kappa shape index (κ1) is 15.0. The summed E-state index contributed by atoms with van der Waals surface area (Å²) < 4.78 is 5.30. The molecule has 0 aliphatic rings. The fourth-order valence-electron chi connectivity index (χ4n) is 1.22. The Hall–Kier alpha value is -1.06. The number of esters is 1. The third kappa shape index (κ3) is 3.47. The Balaban J connectivity index is 2.67. The monoisotopic (exact) mass is 269 g/mol. The van der Waals surface area contributed by atoms with Gasteiger partial charge < -0.3 is 10.5 Å². The molecule has 2 N–H and O–H groups in total. The standard InChI is InChI=1S/C14H20ClNO2/c1-13(2,14(3,4)16)12(17)18-9-10-6-5-7-11(15)8-10/h5-8H,9,16H2,1-4H3. The molecule has 4 heteroatoms. The summed E-state index contributed by atoms with van der Waals surface area (Å²) in [5.41, 5.74) is 5.46. The molecule has 0 saturated carbocycles. The second kappa shape index (κ2) is 5.29. The second-order valence-electron chi connectivity index (χ2n) is 5.55. The maximum absolute atomic E-state index is 12.0. The molecule has 1 aromatic carbocycles. The van der Waals surface area contributed by atoms with Crippen molar-refractivity contribution in [3.8, 4) is 0 Å². The maximum atomic E-state index is 12.0. The number of nitrogens with two attached hydrogens (primary N) is 1. The second-order valence-corrected chi connectivity index (χ2v) is 5.99. The molecule has 0 atom stereocenters. The van der Waals surface area contributed by atoms with Gasteiger partial charge in [-0.05, 0) is 45.4 Å². The number of carbonyl (C=O) groups is 1. The zero-order chi connectivity index (χ0) is 14.0. The molecule has 0 aliphatic heterocycles. The van der Waals surface area contributed by atoms with Crippen LogP contribution in [0.2, 0.25) is 5.02 Å². The van der Waals surface area contributed by atoms with E-state index in [4.69, 9.17) is 22.1 Å². The van der Waals surface area contributed by atoms with Gasteiger partial charge in [0.2, 0.25) is 0 Å². The van der Waals surface area contributed by atoms with E-state index in [0.29, 0.717) is 5.02 Å². The van der Waals surface area contributed by atoms with Crippen LogP contribution in [0.5, 0.6) is 0 Å². The molecule has 1 aromatic rings. The van der Waals surface area contributed by atoms with Crippen molar-refractivity contribution < 1.29 is 9.53 Å². The van der Waals surface area contributed by atoms with Crippen LogP contribution in [-0.2, 0) is 16.1 Å². The molecule has 0 fully saturated rings. The van der Waals surface area contributed by atoms with Crippen LogP contribution in [0.1, 0.15) is 33.3 Å². The lowest BCUT2D eigenvalue weighted by Crippen LogP contribution is -2.52. The van der Waals surface area contributed by atoms with E-state index in [1.165, 1.54) is 0 Å².